The Morgan fingerprint density at radius 3 is 2.32 bits per heavy atom. The van der Waals surface area contributed by atoms with Crippen molar-refractivity contribution in [3.63, 3.8) is 0 Å². The Morgan fingerprint density at radius 1 is 0.947 bits per heavy atom. The third-order valence-corrected chi connectivity index (χ3v) is 6.08. The smallest absolute Gasteiger partial charge is 0.377 e. The lowest BCUT2D eigenvalue weighted by Crippen LogP contribution is -2.42. The second kappa shape index (κ2) is 6.30. The minimum absolute atomic E-state index is 0.517. The summed E-state index contributed by atoms with van der Waals surface area (Å²) in [7, 11) is 0.823. The molecule has 3 nitrogen and oxygen atoms in total. The quantitative estimate of drug-likeness (QED) is 0.754. The topological polar surface area (TPSA) is 27.7 Å². The molecule has 19 heavy (non-hydrogen) atoms. The standard InChI is InChI=1S/C15H20O3Si/c1-4-19(16-2,17-3)18-12-14-10-7-9-13-8-5-6-11-15(13)14/h5-11H,4,12H2,1-3H3. The molecular weight excluding hydrogens is 256 g/mol. The lowest BCUT2D eigenvalue weighted by molar-refractivity contribution is 0.0931. The monoisotopic (exact) mass is 276 g/mol. The Morgan fingerprint density at radius 2 is 1.63 bits per heavy atom. The van der Waals surface area contributed by atoms with Gasteiger partial charge in [-0.25, -0.2) is 0 Å². The molecule has 0 atom stereocenters. The summed E-state index contributed by atoms with van der Waals surface area (Å²) in [6, 6.07) is 15.3. The van der Waals surface area contributed by atoms with E-state index in [9.17, 15) is 0 Å². The molecule has 2 aromatic carbocycles. The van der Waals surface area contributed by atoms with Gasteiger partial charge in [-0.15, -0.1) is 0 Å². The van der Waals surface area contributed by atoms with E-state index in [4.69, 9.17) is 13.3 Å². The van der Waals surface area contributed by atoms with E-state index >= 15 is 0 Å². The van der Waals surface area contributed by atoms with Gasteiger partial charge in [0.05, 0.1) is 6.61 Å². The molecule has 2 aromatic rings. The molecule has 0 amide bonds. The Labute approximate surface area is 115 Å². The Hall–Kier alpha value is -1.20. The van der Waals surface area contributed by atoms with Gasteiger partial charge < -0.3 is 13.3 Å². The third kappa shape index (κ3) is 3.04. The van der Waals surface area contributed by atoms with Crippen LogP contribution in [0, 0.1) is 0 Å². The maximum atomic E-state index is 5.97. The first-order valence-corrected chi connectivity index (χ1v) is 8.38. The van der Waals surface area contributed by atoms with E-state index in [0.717, 1.165) is 11.6 Å². The van der Waals surface area contributed by atoms with Crippen molar-refractivity contribution in [1.29, 1.82) is 0 Å². The zero-order chi connectivity index (χ0) is 13.7. The second-order valence-corrected chi connectivity index (χ2v) is 7.55. The highest BCUT2D eigenvalue weighted by Gasteiger charge is 2.36. The van der Waals surface area contributed by atoms with Crippen molar-refractivity contribution in [2.24, 2.45) is 0 Å². The largest absolute Gasteiger partial charge is 0.500 e. The minimum atomic E-state index is -2.49. The molecule has 0 aliphatic carbocycles. The number of hydrogen-bond acceptors (Lipinski definition) is 3. The lowest BCUT2D eigenvalue weighted by Gasteiger charge is -2.25. The second-order valence-electron chi connectivity index (χ2n) is 4.37. The van der Waals surface area contributed by atoms with E-state index < -0.39 is 8.80 Å². The van der Waals surface area contributed by atoms with Crippen molar-refractivity contribution in [2.45, 2.75) is 19.6 Å². The molecule has 0 N–H and O–H groups in total. The molecule has 0 spiro atoms. The molecule has 0 fully saturated rings. The number of fused-ring (bicyclic) bond motifs is 1. The summed E-state index contributed by atoms with van der Waals surface area (Å²) in [4.78, 5) is 0. The van der Waals surface area contributed by atoms with Crippen LogP contribution in [-0.2, 0) is 19.9 Å². The Kier molecular flexibility index (Phi) is 4.71. The molecule has 0 aliphatic rings. The summed E-state index contributed by atoms with van der Waals surface area (Å²) in [5.74, 6) is 0. The normalized spacial score (nSPS) is 11.9. The first-order chi connectivity index (χ1) is 9.24. The first kappa shape index (κ1) is 14.2. The third-order valence-electron chi connectivity index (χ3n) is 3.38. The van der Waals surface area contributed by atoms with Gasteiger partial charge in [-0.2, -0.15) is 0 Å². The van der Waals surface area contributed by atoms with E-state index in [1.807, 2.05) is 19.1 Å². The zero-order valence-corrected chi connectivity index (χ0v) is 12.7. The molecule has 2 rings (SSSR count). The van der Waals surface area contributed by atoms with Crippen molar-refractivity contribution in [3.8, 4) is 0 Å². The average Bonchev–Trinajstić information content (AvgIpc) is 2.49. The van der Waals surface area contributed by atoms with Crippen LogP contribution in [0.4, 0.5) is 0 Å². The van der Waals surface area contributed by atoms with Crippen molar-refractivity contribution >= 4 is 19.6 Å². The highest BCUT2D eigenvalue weighted by atomic mass is 28.4. The van der Waals surface area contributed by atoms with Crippen molar-refractivity contribution in [3.05, 3.63) is 48.0 Å². The molecule has 0 aliphatic heterocycles. The van der Waals surface area contributed by atoms with Gasteiger partial charge >= 0.3 is 8.80 Å². The molecule has 0 radical (unpaired) electrons. The SMILES string of the molecule is CC[Si](OC)(OC)OCc1cccc2ccccc12. The van der Waals surface area contributed by atoms with Crippen molar-refractivity contribution < 1.29 is 13.3 Å². The van der Waals surface area contributed by atoms with Gasteiger partial charge in [0, 0.05) is 20.3 Å². The van der Waals surface area contributed by atoms with Gasteiger partial charge in [-0.05, 0) is 16.3 Å². The van der Waals surface area contributed by atoms with Crippen LogP contribution in [0.25, 0.3) is 10.8 Å². The highest BCUT2D eigenvalue weighted by molar-refractivity contribution is 6.60. The fourth-order valence-electron chi connectivity index (χ4n) is 2.20. The van der Waals surface area contributed by atoms with E-state index in [2.05, 4.69) is 30.3 Å². The van der Waals surface area contributed by atoms with Crippen molar-refractivity contribution in [1.82, 2.24) is 0 Å². The van der Waals surface area contributed by atoms with Crippen LogP contribution >= 0.6 is 0 Å². The molecular formula is C15H20O3Si. The Balaban J connectivity index is 2.22. The molecule has 0 unspecified atom stereocenters. The number of rotatable bonds is 6. The number of benzene rings is 2. The molecule has 102 valence electrons. The fraction of sp³-hybridized carbons (Fsp3) is 0.333. The number of hydrogen-bond donors (Lipinski definition) is 0. The molecule has 0 aromatic heterocycles. The maximum absolute atomic E-state index is 5.97. The van der Waals surface area contributed by atoms with Crippen LogP contribution in [0.1, 0.15) is 12.5 Å². The van der Waals surface area contributed by atoms with Crippen LogP contribution in [0.2, 0.25) is 6.04 Å². The van der Waals surface area contributed by atoms with Gasteiger partial charge in [-0.3, -0.25) is 0 Å². The van der Waals surface area contributed by atoms with Crippen LogP contribution in [-0.4, -0.2) is 23.0 Å². The highest BCUT2D eigenvalue weighted by Crippen LogP contribution is 2.22. The van der Waals surface area contributed by atoms with Crippen LogP contribution in [0.3, 0.4) is 0 Å². The summed E-state index contributed by atoms with van der Waals surface area (Å²) in [6.07, 6.45) is 0. The first-order valence-electron chi connectivity index (χ1n) is 6.45. The molecule has 0 heterocycles. The summed E-state index contributed by atoms with van der Waals surface area (Å²) < 4.78 is 16.9. The predicted octanol–water partition coefficient (Wildman–Crippen LogP) is 3.61. The Bertz CT molecular complexity index is 524. The van der Waals surface area contributed by atoms with E-state index in [1.54, 1.807) is 14.2 Å². The maximum Gasteiger partial charge on any atom is 0.500 e. The van der Waals surface area contributed by atoms with Gasteiger partial charge in [0.25, 0.3) is 0 Å². The molecule has 0 saturated carbocycles. The minimum Gasteiger partial charge on any atom is -0.377 e. The van der Waals surface area contributed by atoms with Gasteiger partial charge in [0.15, 0.2) is 0 Å². The zero-order valence-electron chi connectivity index (χ0n) is 11.7. The van der Waals surface area contributed by atoms with Gasteiger partial charge in [0.1, 0.15) is 0 Å². The average molecular weight is 276 g/mol. The van der Waals surface area contributed by atoms with Crippen LogP contribution in [0.15, 0.2) is 42.5 Å². The summed E-state index contributed by atoms with van der Waals surface area (Å²) in [5.41, 5.74) is 1.16. The van der Waals surface area contributed by atoms with Gasteiger partial charge in [-0.1, -0.05) is 49.4 Å². The lowest BCUT2D eigenvalue weighted by atomic mass is 10.1. The van der Waals surface area contributed by atoms with E-state index in [-0.39, 0.29) is 0 Å². The van der Waals surface area contributed by atoms with Crippen LogP contribution < -0.4 is 0 Å². The predicted molar refractivity (Wildman–Crippen MR) is 79.0 cm³/mol. The van der Waals surface area contributed by atoms with Crippen LogP contribution in [0.5, 0.6) is 0 Å². The summed E-state index contributed by atoms with van der Waals surface area (Å²) in [6.45, 7) is 2.55. The molecule has 0 saturated heterocycles. The van der Waals surface area contributed by atoms with Crippen molar-refractivity contribution in [2.75, 3.05) is 14.2 Å². The summed E-state index contributed by atoms with van der Waals surface area (Å²) >= 11 is 0. The summed E-state index contributed by atoms with van der Waals surface area (Å²) in [5, 5.41) is 2.44. The van der Waals surface area contributed by atoms with E-state index in [0.29, 0.717) is 6.61 Å². The van der Waals surface area contributed by atoms with E-state index in [1.165, 1.54) is 10.8 Å². The molecule has 0 bridgehead atoms. The van der Waals surface area contributed by atoms with Gasteiger partial charge in [0.2, 0.25) is 0 Å². The fourth-order valence-corrected chi connectivity index (χ4v) is 3.76. The molecule has 4 heteroatoms.